The van der Waals surface area contributed by atoms with Crippen molar-refractivity contribution in [2.45, 2.75) is 19.4 Å². The number of fused-ring (bicyclic) bond motifs is 3. The minimum Gasteiger partial charge on any atom is -0.346 e. The summed E-state index contributed by atoms with van der Waals surface area (Å²) in [6.45, 7) is 1.75. The van der Waals surface area contributed by atoms with E-state index in [2.05, 4.69) is 9.88 Å². The number of nitrogens with zero attached hydrogens (tertiary/aromatic N) is 1. The molecular formula is C13H14F2N2. The van der Waals surface area contributed by atoms with Crippen LogP contribution in [0.5, 0.6) is 0 Å². The van der Waals surface area contributed by atoms with E-state index in [4.69, 9.17) is 0 Å². The molecule has 0 unspecified atom stereocenters. The van der Waals surface area contributed by atoms with Gasteiger partial charge in [-0.25, -0.2) is 8.78 Å². The first-order valence-corrected chi connectivity index (χ1v) is 5.77. The maximum Gasteiger partial charge on any atom is 0.263 e. The molecule has 0 spiro atoms. The summed E-state index contributed by atoms with van der Waals surface area (Å²) >= 11 is 0. The predicted molar refractivity (Wildman–Crippen MR) is 63.3 cm³/mol. The lowest BCUT2D eigenvalue weighted by Crippen LogP contribution is -2.24. The smallest absolute Gasteiger partial charge is 0.263 e. The van der Waals surface area contributed by atoms with Crippen LogP contribution in [0.1, 0.15) is 23.2 Å². The molecule has 1 aliphatic rings. The molecule has 2 heterocycles. The average Bonchev–Trinajstić information content (AvgIpc) is 2.64. The summed E-state index contributed by atoms with van der Waals surface area (Å²) in [4.78, 5) is 0. The molecule has 0 amide bonds. The van der Waals surface area contributed by atoms with Crippen molar-refractivity contribution < 1.29 is 8.78 Å². The number of hydrogen-bond donors (Lipinski definition) is 1. The summed E-state index contributed by atoms with van der Waals surface area (Å²) in [7, 11) is 2.00. The number of aryl methyl sites for hydroxylation is 1. The number of rotatable bonds is 1. The van der Waals surface area contributed by atoms with Crippen molar-refractivity contribution in [3.8, 4) is 0 Å². The van der Waals surface area contributed by atoms with E-state index in [9.17, 15) is 8.78 Å². The van der Waals surface area contributed by atoms with E-state index in [1.807, 2.05) is 7.05 Å². The minimum atomic E-state index is -2.39. The molecule has 3 rings (SSSR count). The molecule has 1 aromatic carbocycles. The second kappa shape index (κ2) is 3.81. The molecule has 2 aromatic rings. The van der Waals surface area contributed by atoms with Gasteiger partial charge in [-0.05, 0) is 30.7 Å². The van der Waals surface area contributed by atoms with Gasteiger partial charge in [-0.2, -0.15) is 0 Å². The zero-order valence-corrected chi connectivity index (χ0v) is 9.63. The van der Waals surface area contributed by atoms with Gasteiger partial charge in [-0.1, -0.05) is 6.07 Å². The molecule has 90 valence electrons. The predicted octanol–water partition coefficient (Wildman–Crippen LogP) is 2.76. The largest absolute Gasteiger partial charge is 0.346 e. The van der Waals surface area contributed by atoms with Crippen LogP contribution < -0.4 is 5.32 Å². The molecule has 0 bridgehead atoms. The van der Waals surface area contributed by atoms with Crippen molar-refractivity contribution in [2.24, 2.45) is 7.05 Å². The molecule has 0 atom stereocenters. The third-order valence-corrected chi connectivity index (χ3v) is 3.56. The van der Waals surface area contributed by atoms with Crippen LogP contribution >= 0.6 is 0 Å². The van der Waals surface area contributed by atoms with Crippen molar-refractivity contribution in [3.63, 3.8) is 0 Å². The van der Waals surface area contributed by atoms with Gasteiger partial charge < -0.3 is 9.88 Å². The summed E-state index contributed by atoms with van der Waals surface area (Å²) in [6, 6.07) is 4.96. The van der Waals surface area contributed by atoms with Gasteiger partial charge >= 0.3 is 0 Å². The van der Waals surface area contributed by atoms with E-state index in [0.29, 0.717) is 0 Å². The second-order valence-corrected chi connectivity index (χ2v) is 4.49. The first-order chi connectivity index (χ1) is 8.18. The Morgan fingerprint density at radius 2 is 2.18 bits per heavy atom. The fourth-order valence-corrected chi connectivity index (χ4v) is 2.65. The monoisotopic (exact) mass is 236 g/mol. The number of hydrogen-bond acceptors (Lipinski definition) is 1. The molecule has 4 heteroatoms. The fraction of sp³-hybridized carbons (Fsp3) is 0.385. The van der Waals surface area contributed by atoms with E-state index in [1.165, 1.54) is 17.3 Å². The van der Waals surface area contributed by atoms with Gasteiger partial charge in [0.15, 0.2) is 0 Å². The van der Waals surface area contributed by atoms with Crippen LogP contribution in [-0.4, -0.2) is 11.1 Å². The lowest BCUT2D eigenvalue weighted by atomic mass is 10.0. The molecule has 1 aliphatic heterocycles. The molecule has 0 saturated carbocycles. The van der Waals surface area contributed by atoms with Gasteiger partial charge in [-0.15, -0.1) is 0 Å². The molecule has 17 heavy (non-hydrogen) atoms. The highest BCUT2D eigenvalue weighted by molar-refractivity contribution is 5.86. The van der Waals surface area contributed by atoms with E-state index in [-0.39, 0.29) is 5.56 Å². The summed E-state index contributed by atoms with van der Waals surface area (Å²) in [5.41, 5.74) is 3.61. The molecule has 0 aliphatic carbocycles. The Bertz CT molecular complexity index is 572. The molecule has 2 nitrogen and oxygen atoms in total. The van der Waals surface area contributed by atoms with Crippen molar-refractivity contribution in [2.75, 3.05) is 6.54 Å². The van der Waals surface area contributed by atoms with Crippen LogP contribution in [0.2, 0.25) is 0 Å². The first kappa shape index (κ1) is 10.7. The number of aromatic nitrogens is 1. The summed E-state index contributed by atoms with van der Waals surface area (Å²) in [6.07, 6.45) is -1.48. The van der Waals surface area contributed by atoms with Crippen molar-refractivity contribution in [1.82, 2.24) is 9.88 Å². The molecule has 1 N–H and O–H groups in total. The minimum absolute atomic E-state index is 0.115. The Morgan fingerprint density at radius 1 is 1.35 bits per heavy atom. The number of alkyl halides is 2. The van der Waals surface area contributed by atoms with E-state index in [1.54, 1.807) is 12.1 Å². The Labute approximate surface area is 98.2 Å². The first-order valence-electron chi connectivity index (χ1n) is 5.77. The Hall–Kier alpha value is -1.42. The number of halogens is 2. The van der Waals surface area contributed by atoms with E-state index >= 15 is 0 Å². The fourth-order valence-electron chi connectivity index (χ4n) is 2.65. The maximum atomic E-state index is 12.7. The van der Waals surface area contributed by atoms with Crippen molar-refractivity contribution in [1.29, 1.82) is 0 Å². The van der Waals surface area contributed by atoms with Gasteiger partial charge in [0.2, 0.25) is 0 Å². The highest BCUT2D eigenvalue weighted by atomic mass is 19.3. The zero-order valence-electron chi connectivity index (χ0n) is 9.63. The maximum absolute atomic E-state index is 12.7. The highest BCUT2D eigenvalue weighted by Crippen LogP contribution is 2.31. The standard InChI is InChI=1S/C13H14F2N2/c1-17-11-3-2-8(13(14)15)6-10(11)9-4-5-16-7-12(9)17/h2-3,6,13,16H,4-5,7H2,1H3. The Balaban J connectivity index is 2.28. The zero-order chi connectivity index (χ0) is 12.0. The molecule has 0 radical (unpaired) electrons. The van der Waals surface area contributed by atoms with Crippen LogP contribution in [-0.2, 0) is 20.0 Å². The van der Waals surface area contributed by atoms with Crippen molar-refractivity contribution >= 4 is 10.9 Å². The normalized spacial score (nSPS) is 15.5. The molecule has 1 aromatic heterocycles. The molecule has 0 saturated heterocycles. The van der Waals surface area contributed by atoms with Crippen LogP contribution in [0.15, 0.2) is 18.2 Å². The van der Waals surface area contributed by atoms with Crippen LogP contribution in [0, 0.1) is 0 Å². The number of benzene rings is 1. The second-order valence-electron chi connectivity index (χ2n) is 4.49. The lowest BCUT2D eigenvalue weighted by Gasteiger charge is -2.14. The topological polar surface area (TPSA) is 17.0 Å². The van der Waals surface area contributed by atoms with Crippen molar-refractivity contribution in [3.05, 3.63) is 35.0 Å². The van der Waals surface area contributed by atoms with E-state index in [0.717, 1.165) is 30.4 Å². The summed E-state index contributed by atoms with van der Waals surface area (Å²) < 4.78 is 27.5. The highest BCUT2D eigenvalue weighted by Gasteiger charge is 2.19. The summed E-state index contributed by atoms with van der Waals surface area (Å²) in [5.74, 6) is 0. The van der Waals surface area contributed by atoms with Gasteiger partial charge in [-0.3, -0.25) is 0 Å². The Kier molecular flexibility index (Phi) is 2.40. The van der Waals surface area contributed by atoms with Crippen LogP contribution in [0.4, 0.5) is 8.78 Å². The summed E-state index contributed by atoms with van der Waals surface area (Å²) in [5, 5.41) is 4.30. The third kappa shape index (κ3) is 1.55. The van der Waals surface area contributed by atoms with E-state index < -0.39 is 6.43 Å². The molecule has 0 fully saturated rings. The SMILES string of the molecule is Cn1c2c(c3cc(C(F)F)ccc31)CCNC2. The van der Waals surface area contributed by atoms with Crippen LogP contribution in [0.25, 0.3) is 10.9 Å². The molecular weight excluding hydrogens is 222 g/mol. The number of nitrogens with one attached hydrogen (secondary N) is 1. The quantitative estimate of drug-likeness (QED) is 0.805. The lowest BCUT2D eigenvalue weighted by molar-refractivity contribution is 0.151. The average molecular weight is 236 g/mol. The van der Waals surface area contributed by atoms with Crippen LogP contribution in [0.3, 0.4) is 0 Å². The van der Waals surface area contributed by atoms with Gasteiger partial charge in [0.05, 0.1) is 0 Å². The van der Waals surface area contributed by atoms with Gasteiger partial charge in [0.25, 0.3) is 6.43 Å². The van der Waals surface area contributed by atoms with Gasteiger partial charge in [0.1, 0.15) is 0 Å². The van der Waals surface area contributed by atoms with Gasteiger partial charge in [0, 0.05) is 35.8 Å². The Morgan fingerprint density at radius 3 is 2.94 bits per heavy atom. The third-order valence-electron chi connectivity index (χ3n) is 3.56.